The van der Waals surface area contributed by atoms with Crippen LogP contribution in [0, 0.1) is 0 Å². The second-order valence-corrected chi connectivity index (χ2v) is 4.31. The summed E-state index contributed by atoms with van der Waals surface area (Å²) in [4.78, 5) is 0. The van der Waals surface area contributed by atoms with Crippen molar-refractivity contribution in [3.63, 3.8) is 0 Å². The molecule has 0 spiro atoms. The maximum Gasteiger partial charge on any atom is 0.134 e. The maximum atomic E-state index is 8.87. The van der Waals surface area contributed by atoms with Crippen LogP contribution in [0.2, 0.25) is 5.02 Å². The molecule has 1 heterocycles. The number of furan rings is 1. The van der Waals surface area contributed by atoms with E-state index in [-0.39, 0.29) is 6.61 Å². The molecule has 15 heavy (non-hydrogen) atoms. The molecular weight excluding hydrogens is 279 g/mol. The van der Waals surface area contributed by atoms with Crippen LogP contribution in [0.1, 0.15) is 5.76 Å². The van der Waals surface area contributed by atoms with Gasteiger partial charge in [-0.3, -0.25) is 0 Å². The number of halogens is 2. The van der Waals surface area contributed by atoms with Gasteiger partial charge in [0.15, 0.2) is 0 Å². The zero-order valence-corrected chi connectivity index (χ0v) is 10.0. The van der Waals surface area contributed by atoms with Crippen LogP contribution in [0.3, 0.4) is 0 Å². The van der Waals surface area contributed by atoms with E-state index in [0.29, 0.717) is 16.5 Å². The second-order valence-electron chi connectivity index (χ2n) is 3.05. The van der Waals surface area contributed by atoms with Crippen molar-refractivity contribution in [2.75, 3.05) is 0 Å². The van der Waals surface area contributed by atoms with Crippen molar-refractivity contribution < 1.29 is 9.52 Å². The van der Waals surface area contributed by atoms with E-state index < -0.39 is 0 Å². The van der Waals surface area contributed by atoms with Gasteiger partial charge in [0.05, 0.1) is 5.02 Å². The van der Waals surface area contributed by atoms with Crippen LogP contribution in [0.25, 0.3) is 11.3 Å². The quantitative estimate of drug-likeness (QED) is 0.910. The molecule has 2 rings (SSSR count). The predicted molar refractivity (Wildman–Crippen MR) is 62.8 cm³/mol. The van der Waals surface area contributed by atoms with Crippen molar-refractivity contribution in [1.29, 1.82) is 0 Å². The van der Waals surface area contributed by atoms with Crippen molar-refractivity contribution in [3.05, 3.63) is 45.6 Å². The fourth-order valence-electron chi connectivity index (χ4n) is 1.27. The highest BCUT2D eigenvalue weighted by Crippen LogP contribution is 2.29. The number of hydrogen-bond donors (Lipinski definition) is 1. The number of aliphatic hydroxyl groups is 1. The number of hydrogen-bond acceptors (Lipinski definition) is 2. The van der Waals surface area contributed by atoms with Crippen LogP contribution in [-0.4, -0.2) is 5.11 Å². The van der Waals surface area contributed by atoms with E-state index in [1.165, 1.54) is 0 Å². The Morgan fingerprint density at radius 2 is 2.07 bits per heavy atom. The van der Waals surface area contributed by atoms with Crippen molar-refractivity contribution >= 4 is 27.5 Å². The highest BCUT2D eigenvalue weighted by molar-refractivity contribution is 9.10. The monoisotopic (exact) mass is 286 g/mol. The third kappa shape index (κ3) is 2.25. The molecule has 0 saturated carbocycles. The van der Waals surface area contributed by atoms with Gasteiger partial charge in [-0.1, -0.05) is 17.7 Å². The Morgan fingerprint density at radius 3 is 2.67 bits per heavy atom. The van der Waals surface area contributed by atoms with Gasteiger partial charge in [-0.15, -0.1) is 0 Å². The summed E-state index contributed by atoms with van der Waals surface area (Å²) < 4.78 is 6.24. The summed E-state index contributed by atoms with van der Waals surface area (Å²) in [6, 6.07) is 9.12. The molecule has 0 saturated heterocycles. The molecule has 0 atom stereocenters. The molecule has 1 aromatic carbocycles. The molecule has 2 nitrogen and oxygen atoms in total. The largest absolute Gasteiger partial charge is 0.459 e. The highest BCUT2D eigenvalue weighted by atomic mass is 79.9. The van der Waals surface area contributed by atoms with Gasteiger partial charge >= 0.3 is 0 Å². The van der Waals surface area contributed by atoms with Gasteiger partial charge in [0.25, 0.3) is 0 Å². The van der Waals surface area contributed by atoms with Crippen LogP contribution >= 0.6 is 27.5 Å². The van der Waals surface area contributed by atoms with Gasteiger partial charge in [-0.2, -0.15) is 0 Å². The minimum Gasteiger partial charge on any atom is -0.459 e. The standard InChI is InChI=1S/C11H8BrClO2/c12-9-3-1-7(5-10(9)13)11-4-2-8(6-14)15-11/h1-5,14H,6H2. The molecule has 0 aliphatic heterocycles. The Morgan fingerprint density at radius 1 is 1.27 bits per heavy atom. The average molecular weight is 288 g/mol. The van der Waals surface area contributed by atoms with E-state index >= 15 is 0 Å². The lowest BCUT2D eigenvalue weighted by Gasteiger charge is -1.99. The molecular formula is C11H8BrClO2. The Hall–Kier alpha value is -0.770. The Bertz CT molecular complexity index is 479. The molecule has 0 unspecified atom stereocenters. The smallest absolute Gasteiger partial charge is 0.134 e. The Labute approximate surface area is 101 Å². The predicted octanol–water partition coefficient (Wildman–Crippen LogP) is 3.85. The first-order valence-corrected chi connectivity index (χ1v) is 5.53. The zero-order valence-electron chi connectivity index (χ0n) is 7.71. The maximum absolute atomic E-state index is 8.87. The number of aliphatic hydroxyl groups excluding tert-OH is 1. The minimum absolute atomic E-state index is 0.0930. The normalized spacial score (nSPS) is 10.6. The minimum atomic E-state index is -0.0930. The van der Waals surface area contributed by atoms with E-state index in [2.05, 4.69) is 15.9 Å². The van der Waals surface area contributed by atoms with Crippen molar-refractivity contribution in [2.45, 2.75) is 6.61 Å². The van der Waals surface area contributed by atoms with Crippen molar-refractivity contribution in [2.24, 2.45) is 0 Å². The van der Waals surface area contributed by atoms with Crippen LogP contribution < -0.4 is 0 Å². The number of rotatable bonds is 2. The summed E-state index contributed by atoms with van der Waals surface area (Å²) in [5.41, 5.74) is 0.892. The summed E-state index contributed by atoms with van der Waals surface area (Å²) in [6.45, 7) is -0.0930. The first kappa shape index (κ1) is 10.7. The van der Waals surface area contributed by atoms with Crippen LogP contribution in [0.15, 0.2) is 39.2 Å². The van der Waals surface area contributed by atoms with Crippen LogP contribution in [0.5, 0.6) is 0 Å². The number of benzene rings is 1. The lowest BCUT2D eigenvalue weighted by molar-refractivity contribution is 0.248. The van der Waals surface area contributed by atoms with Gasteiger partial charge < -0.3 is 9.52 Å². The van der Waals surface area contributed by atoms with Gasteiger partial charge in [-0.05, 0) is 40.2 Å². The molecule has 0 aliphatic carbocycles. The SMILES string of the molecule is OCc1ccc(-c2ccc(Br)c(Cl)c2)o1. The summed E-state index contributed by atoms with van der Waals surface area (Å²) in [5.74, 6) is 1.25. The topological polar surface area (TPSA) is 33.4 Å². The van der Waals surface area contributed by atoms with E-state index in [0.717, 1.165) is 10.0 Å². The molecule has 0 fully saturated rings. The molecule has 1 N–H and O–H groups in total. The molecule has 4 heteroatoms. The molecule has 1 aromatic heterocycles. The van der Waals surface area contributed by atoms with Crippen molar-refractivity contribution in [3.8, 4) is 11.3 Å². The third-order valence-corrected chi connectivity index (χ3v) is 3.25. The van der Waals surface area contributed by atoms with Gasteiger partial charge in [0.2, 0.25) is 0 Å². The molecule has 2 aromatic rings. The van der Waals surface area contributed by atoms with Crippen molar-refractivity contribution in [1.82, 2.24) is 0 Å². The average Bonchev–Trinajstić information content (AvgIpc) is 2.70. The van der Waals surface area contributed by atoms with Crippen LogP contribution in [0.4, 0.5) is 0 Å². The summed E-state index contributed by atoms with van der Waals surface area (Å²) >= 11 is 9.28. The molecule has 0 bridgehead atoms. The van der Waals surface area contributed by atoms with E-state index in [9.17, 15) is 0 Å². The molecule has 0 aliphatic rings. The summed E-state index contributed by atoms with van der Waals surface area (Å²) in [5, 5.41) is 9.50. The zero-order chi connectivity index (χ0) is 10.8. The van der Waals surface area contributed by atoms with Crippen LogP contribution in [-0.2, 0) is 6.61 Å². The lowest BCUT2D eigenvalue weighted by Crippen LogP contribution is -1.76. The second kappa shape index (κ2) is 4.39. The van der Waals surface area contributed by atoms with Gasteiger partial charge in [0, 0.05) is 10.0 Å². The third-order valence-electron chi connectivity index (χ3n) is 2.02. The van der Waals surface area contributed by atoms with Gasteiger partial charge in [0.1, 0.15) is 18.1 Å². The molecule has 78 valence electrons. The summed E-state index contributed by atoms with van der Waals surface area (Å²) in [7, 11) is 0. The highest BCUT2D eigenvalue weighted by Gasteiger charge is 2.06. The lowest BCUT2D eigenvalue weighted by atomic mass is 10.2. The van der Waals surface area contributed by atoms with E-state index in [1.807, 2.05) is 24.3 Å². The Kier molecular flexibility index (Phi) is 3.14. The molecule has 0 amide bonds. The summed E-state index contributed by atoms with van der Waals surface area (Å²) in [6.07, 6.45) is 0. The fraction of sp³-hybridized carbons (Fsp3) is 0.0909. The fourth-order valence-corrected chi connectivity index (χ4v) is 1.69. The van der Waals surface area contributed by atoms with E-state index in [1.54, 1.807) is 6.07 Å². The van der Waals surface area contributed by atoms with Gasteiger partial charge in [-0.25, -0.2) is 0 Å². The first-order valence-electron chi connectivity index (χ1n) is 4.35. The first-order chi connectivity index (χ1) is 7.20. The molecule has 0 radical (unpaired) electrons. The Balaban J connectivity index is 2.40. The van der Waals surface area contributed by atoms with E-state index in [4.69, 9.17) is 21.1 Å².